The Labute approximate surface area is 144 Å². The first-order chi connectivity index (χ1) is 11.9. The highest BCUT2D eigenvalue weighted by molar-refractivity contribution is 6.18. The molecule has 2 heterocycles. The molecule has 4 rings (SSSR count). The van der Waals surface area contributed by atoms with Crippen LogP contribution in [0.25, 0.3) is 0 Å². The number of ketones is 1. The number of benzene rings is 1. The monoisotopic (exact) mass is 345 g/mol. The Morgan fingerprint density at radius 1 is 1.40 bits per heavy atom. The van der Waals surface area contributed by atoms with E-state index >= 15 is 0 Å². The van der Waals surface area contributed by atoms with Gasteiger partial charge < -0.3 is 19.7 Å². The van der Waals surface area contributed by atoms with E-state index in [-0.39, 0.29) is 29.5 Å². The van der Waals surface area contributed by atoms with Crippen molar-refractivity contribution in [2.24, 2.45) is 10.9 Å². The molecule has 0 bridgehead atoms. The van der Waals surface area contributed by atoms with E-state index in [1.165, 1.54) is 19.1 Å². The second-order valence-corrected chi connectivity index (χ2v) is 6.76. The number of aliphatic imine (C=N–C) groups is 1. The second-order valence-electron chi connectivity index (χ2n) is 6.76. The Morgan fingerprint density at radius 2 is 2.16 bits per heavy atom. The van der Waals surface area contributed by atoms with Gasteiger partial charge in [-0.2, -0.15) is 0 Å². The van der Waals surface area contributed by atoms with Gasteiger partial charge in [-0.1, -0.05) is 24.3 Å². The second kappa shape index (κ2) is 5.45. The maximum absolute atomic E-state index is 12.8. The molecule has 0 amide bonds. The lowest BCUT2D eigenvalue weighted by Gasteiger charge is -2.32. The first-order valence-electron chi connectivity index (χ1n) is 8.33. The van der Waals surface area contributed by atoms with Crippen LogP contribution in [-0.4, -0.2) is 52.6 Å². The average Bonchev–Trinajstić information content (AvgIpc) is 3.22. The summed E-state index contributed by atoms with van der Waals surface area (Å²) >= 11 is 0. The Kier molecular flexibility index (Phi) is 3.57. The number of aliphatic hydroxyl groups is 2. The van der Waals surface area contributed by atoms with Gasteiger partial charge in [-0.15, -0.1) is 0 Å². The molecule has 3 aliphatic rings. The molecule has 1 fully saturated rings. The molecular weight excluding hydrogens is 326 g/mol. The normalized spacial score (nSPS) is 36.1. The number of esters is 1. The molecule has 4 atom stereocenters. The molecule has 1 saturated heterocycles. The zero-order valence-electron chi connectivity index (χ0n) is 13.8. The quantitative estimate of drug-likeness (QED) is 0.776. The van der Waals surface area contributed by atoms with Crippen molar-refractivity contribution in [2.45, 2.75) is 37.2 Å². The van der Waals surface area contributed by atoms with Crippen LogP contribution in [0.1, 0.15) is 35.7 Å². The van der Waals surface area contributed by atoms with Crippen LogP contribution in [0, 0.1) is 5.92 Å². The van der Waals surface area contributed by atoms with Gasteiger partial charge in [0.25, 0.3) is 0 Å². The predicted molar refractivity (Wildman–Crippen MR) is 86.2 cm³/mol. The van der Waals surface area contributed by atoms with E-state index in [9.17, 15) is 19.8 Å². The largest absolute Gasteiger partial charge is 0.462 e. The van der Waals surface area contributed by atoms with Gasteiger partial charge in [-0.05, 0) is 19.8 Å². The van der Waals surface area contributed by atoms with Crippen LogP contribution in [-0.2, 0) is 20.0 Å². The number of carbonyl (C=O) groups excluding carboxylic acids is 2. The van der Waals surface area contributed by atoms with E-state index in [2.05, 4.69) is 4.99 Å². The van der Waals surface area contributed by atoms with E-state index < -0.39 is 29.0 Å². The molecule has 0 spiro atoms. The first kappa shape index (κ1) is 16.4. The third-order valence-corrected chi connectivity index (χ3v) is 5.27. The molecule has 25 heavy (non-hydrogen) atoms. The average molecular weight is 345 g/mol. The molecule has 2 N–H and O–H groups in total. The fraction of sp³-hybridized carbons (Fsp3) is 0.500. The number of nitrogens with zero attached hydrogens (tertiary/aromatic N) is 1. The highest BCUT2D eigenvalue weighted by atomic mass is 16.6. The van der Waals surface area contributed by atoms with Gasteiger partial charge in [-0.3, -0.25) is 14.6 Å². The first-order valence-corrected chi connectivity index (χ1v) is 8.33. The van der Waals surface area contributed by atoms with E-state index in [1.54, 1.807) is 12.1 Å². The molecule has 0 radical (unpaired) electrons. The highest BCUT2D eigenvalue weighted by Gasteiger charge is 2.72. The summed E-state index contributed by atoms with van der Waals surface area (Å²) in [5.74, 6) is -2.85. The molecular formula is C18H19NO6. The number of hydrogen-bond donors (Lipinski definition) is 2. The number of hydrogen-bond acceptors (Lipinski definition) is 7. The van der Waals surface area contributed by atoms with Crippen LogP contribution in [0.5, 0.6) is 0 Å². The van der Waals surface area contributed by atoms with E-state index in [4.69, 9.17) is 9.47 Å². The minimum Gasteiger partial charge on any atom is -0.462 e. The Balaban J connectivity index is 1.66. The minimum atomic E-state index is -2.38. The summed E-state index contributed by atoms with van der Waals surface area (Å²) in [4.78, 5) is 29.5. The molecule has 132 valence electrons. The molecule has 7 nitrogen and oxygen atoms in total. The molecule has 1 aromatic rings. The Bertz CT molecular complexity index is 784. The van der Waals surface area contributed by atoms with Gasteiger partial charge >= 0.3 is 5.97 Å². The molecule has 1 unspecified atom stereocenters. The van der Waals surface area contributed by atoms with Crippen LogP contribution in [0.15, 0.2) is 29.3 Å². The van der Waals surface area contributed by atoms with Crippen molar-refractivity contribution in [2.75, 3.05) is 13.2 Å². The lowest BCUT2D eigenvalue weighted by atomic mass is 9.79. The lowest BCUT2D eigenvalue weighted by Crippen LogP contribution is -2.56. The van der Waals surface area contributed by atoms with Gasteiger partial charge in [0, 0.05) is 23.4 Å². The van der Waals surface area contributed by atoms with Crippen LogP contribution >= 0.6 is 0 Å². The zero-order chi connectivity index (χ0) is 17.8. The molecule has 1 aromatic carbocycles. The highest BCUT2D eigenvalue weighted by Crippen LogP contribution is 2.53. The number of carbonyl (C=O) groups is 2. The smallest absolute Gasteiger partial charge is 0.318 e. The van der Waals surface area contributed by atoms with Crippen molar-refractivity contribution in [1.29, 1.82) is 0 Å². The van der Waals surface area contributed by atoms with Gasteiger partial charge in [0.15, 0.2) is 5.60 Å². The summed E-state index contributed by atoms with van der Waals surface area (Å²) < 4.78 is 10.7. The topological polar surface area (TPSA) is 105 Å². The van der Waals surface area contributed by atoms with Crippen molar-refractivity contribution < 1.29 is 29.3 Å². The SMILES string of the molecule is CC1=N[C@]2(O)c3ccccc3C(=O)[C@@]2(O)C1C(=O)OC[C@@H]1CCCO1. The predicted octanol–water partition coefficient (Wildman–Crippen LogP) is 0.572. The molecule has 7 heteroatoms. The summed E-state index contributed by atoms with van der Waals surface area (Å²) in [7, 11) is 0. The van der Waals surface area contributed by atoms with Crippen LogP contribution in [0.3, 0.4) is 0 Å². The van der Waals surface area contributed by atoms with Gasteiger partial charge in [-0.25, -0.2) is 0 Å². The fourth-order valence-corrected chi connectivity index (χ4v) is 4.03. The van der Waals surface area contributed by atoms with E-state index in [1.807, 2.05) is 0 Å². The number of Topliss-reactive ketones (excluding diaryl/α,β-unsaturated/α-hetero) is 1. The van der Waals surface area contributed by atoms with Gasteiger partial charge in [0.1, 0.15) is 12.5 Å². The van der Waals surface area contributed by atoms with Crippen molar-refractivity contribution in [3.63, 3.8) is 0 Å². The summed E-state index contributed by atoms with van der Waals surface area (Å²) in [5, 5.41) is 22.1. The van der Waals surface area contributed by atoms with Crippen LogP contribution in [0.2, 0.25) is 0 Å². The molecule has 2 aliphatic heterocycles. The van der Waals surface area contributed by atoms with Gasteiger partial charge in [0.2, 0.25) is 11.5 Å². The number of ether oxygens (including phenoxy) is 2. The zero-order valence-corrected chi connectivity index (χ0v) is 13.8. The maximum atomic E-state index is 12.8. The fourth-order valence-electron chi connectivity index (χ4n) is 4.03. The lowest BCUT2D eigenvalue weighted by molar-refractivity contribution is -0.167. The summed E-state index contributed by atoms with van der Waals surface area (Å²) in [6.07, 6.45) is 1.53. The molecule has 1 aliphatic carbocycles. The third kappa shape index (κ3) is 2.06. The Hall–Kier alpha value is -2.09. The van der Waals surface area contributed by atoms with Crippen molar-refractivity contribution in [3.8, 4) is 0 Å². The maximum Gasteiger partial charge on any atom is 0.318 e. The number of rotatable bonds is 3. The summed E-state index contributed by atoms with van der Waals surface area (Å²) in [5.41, 5.74) is -4.01. The van der Waals surface area contributed by atoms with Gasteiger partial charge in [0.05, 0.1) is 6.10 Å². The third-order valence-electron chi connectivity index (χ3n) is 5.27. The summed E-state index contributed by atoms with van der Waals surface area (Å²) in [6, 6.07) is 6.31. The number of fused-ring (bicyclic) bond motifs is 3. The van der Waals surface area contributed by atoms with Crippen molar-refractivity contribution >= 4 is 17.5 Å². The Morgan fingerprint density at radius 3 is 2.88 bits per heavy atom. The van der Waals surface area contributed by atoms with E-state index in [0.717, 1.165) is 12.8 Å². The minimum absolute atomic E-state index is 0.0538. The molecule has 0 aromatic heterocycles. The standard InChI is InChI=1S/C18H19NO6/c1-10-14(16(21)25-9-11-5-4-8-24-11)17(22)15(20)12-6-2-3-7-13(12)18(17,23)19-10/h2-3,6-7,11,14,22-23H,4-5,8-9H2,1H3/t11-,14?,17-,18-/m0/s1. The van der Waals surface area contributed by atoms with E-state index in [0.29, 0.717) is 6.61 Å². The van der Waals surface area contributed by atoms with Crippen molar-refractivity contribution in [1.82, 2.24) is 0 Å². The van der Waals surface area contributed by atoms with Crippen molar-refractivity contribution in [3.05, 3.63) is 35.4 Å². The summed E-state index contributed by atoms with van der Waals surface area (Å²) in [6.45, 7) is 2.18. The van der Waals surface area contributed by atoms with Crippen LogP contribution < -0.4 is 0 Å². The van der Waals surface area contributed by atoms with Crippen LogP contribution in [0.4, 0.5) is 0 Å². The molecule has 0 saturated carbocycles.